The lowest BCUT2D eigenvalue weighted by atomic mass is 10.0. The lowest BCUT2D eigenvalue weighted by molar-refractivity contribution is -0.171. The highest BCUT2D eigenvalue weighted by atomic mass is 32.2. The van der Waals surface area contributed by atoms with E-state index in [9.17, 15) is 14.4 Å². The first-order chi connectivity index (χ1) is 15.7. The van der Waals surface area contributed by atoms with Crippen molar-refractivity contribution in [3.05, 3.63) is 35.9 Å². The molecule has 4 rings (SSSR count). The summed E-state index contributed by atoms with van der Waals surface area (Å²) in [4.78, 5) is 39.2. The van der Waals surface area contributed by atoms with E-state index in [0.717, 1.165) is 5.56 Å². The molecule has 0 aromatic heterocycles. The Bertz CT molecular complexity index is 899. The molecule has 3 heterocycles. The van der Waals surface area contributed by atoms with Crippen molar-refractivity contribution in [2.75, 3.05) is 19.4 Å². The van der Waals surface area contributed by atoms with Crippen molar-refractivity contribution in [2.24, 2.45) is 5.73 Å². The zero-order valence-corrected chi connectivity index (χ0v) is 19.6. The predicted octanol–water partition coefficient (Wildman–Crippen LogP) is -0.00790. The number of nitrogens with zero attached hydrogens (tertiary/aromatic N) is 1. The monoisotopic (exact) mass is 479 g/mol. The molecule has 3 aliphatic rings. The van der Waals surface area contributed by atoms with Gasteiger partial charge in [0.05, 0.1) is 13.7 Å². The Hall–Kier alpha value is -2.18. The van der Waals surface area contributed by atoms with Gasteiger partial charge in [0.25, 0.3) is 0 Å². The van der Waals surface area contributed by atoms with Crippen LogP contribution >= 0.6 is 11.8 Å². The van der Waals surface area contributed by atoms with Gasteiger partial charge in [-0.3, -0.25) is 14.4 Å². The van der Waals surface area contributed by atoms with E-state index in [1.807, 2.05) is 30.3 Å². The Morgan fingerprint density at radius 1 is 1.24 bits per heavy atom. The van der Waals surface area contributed by atoms with Gasteiger partial charge >= 0.3 is 5.97 Å². The van der Waals surface area contributed by atoms with Gasteiger partial charge in [-0.2, -0.15) is 0 Å². The van der Waals surface area contributed by atoms with Crippen LogP contribution in [0.1, 0.15) is 19.4 Å². The number of fused-ring (bicyclic) bond motifs is 2. The number of nitrogens with two attached hydrogens (primary N) is 1. The molecule has 10 nitrogen and oxygen atoms in total. The highest BCUT2D eigenvalue weighted by Gasteiger charge is 2.60. The number of carbonyl (C=O) groups excluding carboxylic acids is 3. The lowest BCUT2D eigenvalue weighted by Gasteiger charge is -2.34. The maximum atomic E-state index is 13.4. The third-order valence-electron chi connectivity index (χ3n) is 5.92. The molecule has 0 unspecified atom stereocenters. The molecule has 33 heavy (non-hydrogen) atoms. The maximum Gasteiger partial charge on any atom is 0.325 e. The molecule has 0 spiro atoms. The summed E-state index contributed by atoms with van der Waals surface area (Å²) >= 11 is 1.43. The zero-order chi connectivity index (χ0) is 23.8. The molecule has 180 valence electrons. The van der Waals surface area contributed by atoms with Crippen LogP contribution in [0.4, 0.5) is 0 Å². The minimum absolute atomic E-state index is 0.283. The Labute approximate surface area is 196 Å². The Balaban J connectivity index is 1.60. The van der Waals surface area contributed by atoms with Gasteiger partial charge in [-0.1, -0.05) is 30.3 Å². The standard InChI is InChI=1S/C22H29N3O7S/c1-22(2)31-16-15(23)20(28)25-13(19(27)24-9-14(26)29-3)11-33-21(25)18(17(16)32-22)30-10-12-7-5-4-6-8-12/h4-8,13,15-18,21H,9-11,23H2,1-3H3,(H,24,27)/t13-,15+,16+,17-,18-,21-/m0/s1. The third kappa shape index (κ3) is 4.87. The van der Waals surface area contributed by atoms with Crippen molar-refractivity contribution < 1.29 is 33.3 Å². The number of thioether (sulfide) groups is 1. The zero-order valence-electron chi connectivity index (χ0n) is 18.8. The summed E-state index contributed by atoms with van der Waals surface area (Å²) in [6.07, 6.45) is -1.90. The van der Waals surface area contributed by atoms with Crippen LogP contribution in [0.2, 0.25) is 0 Å². The molecule has 11 heteroatoms. The minimum atomic E-state index is -1.03. The average molecular weight is 480 g/mol. The Morgan fingerprint density at radius 3 is 2.64 bits per heavy atom. The molecule has 0 aliphatic carbocycles. The normalized spacial score (nSPS) is 32.6. The second-order valence-electron chi connectivity index (χ2n) is 8.63. The van der Waals surface area contributed by atoms with Crippen molar-refractivity contribution in [3.63, 3.8) is 0 Å². The predicted molar refractivity (Wildman–Crippen MR) is 119 cm³/mol. The third-order valence-corrected chi connectivity index (χ3v) is 7.26. The van der Waals surface area contributed by atoms with Crippen molar-refractivity contribution in [1.29, 1.82) is 0 Å². The van der Waals surface area contributed by atoms with Crippen molar-refractivity contribution in [2.45, 2.75) is 62.0 Å². The number of carbonyl (C=O) groups is 3. The number of nitrogens with one attached hydrogen (secondary N) is 1. The summed E-state index contributed by atoms with van der Waals surface area (Å²) in [7, 11) is 1.24. The quantitative estimate of drug-likeness (QED) is 0.541. The second kappa shape index (κ2) is 9.59. The van der Waals surface area contributed by atoms with Crippen LogP contribution < -0.4 is 11.1 Å². The molecule has 3 saturated heterocycles. The molecule has 1 aromatic carbocycles. The first-order valence-corrected chi connectivity index (χ1v) is 11.8. The van der Waals surface area contributed by atoms with Gasteiger partial charge in [-0.15, -0.1) is 11.8 Å². The summed E-state index contributed by atoms with van der Waals surface area (Å²) in [6, 6.07) is 7.82. The van der Waals surface area contributed by atoms with E-state index in [2.05, 4.69) is 10.1 Å². The van der Waals surface area contributed by atoms with Gasteiger partial charge in [-0.25, -0.2) is 0 Å². The van der Waals surface area contributed by atoms with Gasteiger partial charge in [-0.05, 0) is 19.4 Å². The van der Waals surface area contributed by atoms with Crippen molar-refractivity contribution in [3.8, 4) is 0 Å². The highest BCUT2D eigenvalue weighted by Crippen LogP contribution is 2.43. The van der Waals surface area contributed by atoms with Crippen LogP contribution in [0.25, 0.3) is 0 Å². The van der Waals surface area contributed by atoms with E-state index >= 15 is 0 Å². The van der Waals surface area contributed by atoms with Gasteiger partial charge in [0.2, 0.25) is 11.8 Å². The largest absolute Gasteiger partial charge is 0.468 e. The highest BCUT2D eigenvalue weighted by molar-refractivity contribution is 8.00. The first kappa shape index (κ1) is 24.0. The fourth-order valence-corrected chi connectivity index (χ4v) is 5.90. The van der Waals surface area contributed by atoms with Crippen LogP contribution in [-0.4, -0.2) is 83.6 Å². The smallest absolute Gasteiger partial charge is 0.325 e. The van der Waals surface area contributed by atoms with E-state index in [0.29, 0.717) is 12.4 Å². The van der Waals surface area contributed by atoms with Gasteiger partial charge < -0.3 is 34.9 Å². The number of ether oxygens (including phenoxy) is 4. The molecular formula is C22H29N3O7S. The fourth-order valence-electron chi connectivity index (χ4n) is 4.38. The lowest BCUT2D eigenvalue weighted by Crippen LogP contribution is -2.56. The van der Waals surface area contributed by atoms with Crippen molar-refractivity contribution in [1.82, 2.24) is 10.2 Å². The van der Waals surface area contributed by atoms with Crippen LogP contribution in [0.15, 0.2) is 30.3 Å². The molecule has 3 aliphatic heterocycles. The number of hydrogen-bond acceptors (Lipinski definition) is 9. The molecule has 0 saturated carbocycles. The molecule has 0 bridgehead atoms. The summed E-state index contributed by atoms with van der Waals surface area (Å²) in [5.41, 5.74) is 7.32. The molecule has 3 N–H and O–H groups in total. The van der Waals surface area contributed by atoms with E-state index in [-0.39, 0.29) is 6.54 Å². The van der Waals surface area contributed by atoms with Gasteiger partial charge in [0, 0.05) is 5.75 Å². The van der Waals surface area contributed by atoms with Crippen LogP contribution in [0.5, 0.6) is 0 Å². The number of methoxy groups -OCH3 is 1. The number of amides is 2. The first-order valence-electron chi connectivity index (χ1n) is 10.8. The van der Waals surface area contributed by atoms with E-state index in [1.165, 1.54) is 23.8 Å². The topological polar surface area (TPSA) is 129 Å². The van der Waals surface area contributed by atoms with E-state index < -0.39 is 59.3 Å². The SMILES string of the molecule is COC(=O)CNC(=O)[C@@H]1CS[C@H]2[C@@H](OCc3ccccc3)[C@H]3OC(C)(C)O[C@@H]3[C@@H](N)C(=O)N12. The summed E-state index contributed by atoms with van der Waals surface area (Å²) in [5.74, 6) is -2.03. The average Bonchev–Trinajstić information content (AvgIpc) is 3.36. The molecule has 1 aromatic rings. The van der Waals surface area contributed by atoms with Crippen molar-refractivity contribution >= 4 is 29.5 Å². The Morgan fingerprint density at radius 2 is 1.94 bits per heavy atom. The maximum absolute atomic E-state index is 13.4. The van der Waals surface area contributed by atoms with Crippen LogP contribution in [0.3, 0.4) is 0 Å². The Kier molecular flexibility index (Phi) is 6.96. The summed E-state index contributed by atoms with van der Waals surface area (Å²) in [6.45, 7) is 3.56. The van der Waals surface area contributed by atoms with E-state index in [1.54, 1.807) is 13.8 Å². The second-order valence-corrected chi connectivity index (χ2v) is 9.78. The minimum Gasteiger partial charge on any atom is -0.468 e. The summed E-state index contributed by atoms with van der Waals surface area (Å²) < 4.78 is 23.1. The van der Waals surface area contributed by atoms with Crippen LogP contribution in [0, 0.1) is 0 Å². The van der Waals surface area contributed by atoms with Gasteiger partial charge in [0.15, 0.2) is 5.79 Å². The fraction of sp³-hybridized carbons (Fsp3) is 0.591. The number of benzene rings is 1. The molecule has 6 atom stereocenters. The molecule has 3 fully saturated rings. The number of rotatable bonds is 6. The van der Waals surface area contributed by atoms with Gasteiger partial charge in [0.1, 0.15) is 42.3 Å². The van der Waals surface area contributed by atoms with E-state index in [4.69, 9.17) is 19.9 Å². The molecule has 2 amide bonds. The molecule has 0 radical (unpaired) electrons. The number of hydrogen-bond donors (Lipinski definition) is 2. The van der Waals surface area contributed by atoms with Crippen LogP contribution in [-0.2, 0) is 39.9 Å². The molecular weight excluding hydrogens is 450 g/mol. The number of esters is 1. The summed E-state index contributed by atoms with van der Waals surface area (Å²) in [5, 5.41) is 2.03.